The van der Waals surface area contributed by atoms with Crippen molar-refractivity contribution < 1.29 is 14.3 Å². The van der Waals surface area contributed by atoms with Crippen LogP contribution in [0, 0.1) is 12.8 Å². The monoisotopic (exact) mass is 341 g/mol. The van der Waals surface area contributed by atoms with Crippen LogP contribution in [0.25, 0.3) is 11.3 Å². The van der Waals surface area contributed by atoms with Crippen LogP contribution >= 0.6 is 0 Å². The fourth-order valence-corrected chi connectivity index (χ4v) is 3.09. The van der Waals surface area contributed by atoms with E-state index in [0.29, 0.717) is 25.4 Å². The fraction of sp³-hybridized carbons (Fsp3) is 0.421. The summed E-state index contributed by atoms with van der Waals surface area (Å²) >= 11 is 0. The number of carbonyl (C=O) groups excluding carboxylic acids is 2. The second-order valence-electron chi connectivity index (χ2n) is 6.38. The Labute approximate surface area is 147 Å². The van der Waals surface area contributed by atoms with Gasteiger partial charge in [-0.1, -0.05) is 29.8 Å². The van der Waals surface area contributed by atoms with E-state index in [1.54, 1.807) is 17.9 Å². The molecule has 0 spiro atoms. The number of benzene rings is 1. The maximum atomic E-state index is 12.7. The van der Waals surface area contributed by atoms with Gasteiger partial charge in [-0.2, -0.15) is 5.10 Å². The second-order valence-corrected chi connectivity index (χ2v) is 6.38. The molecule has 6 heteroatoms. The molecule has 1 N–H and O–H groups in total. The van der Waals surface area contributed by atoms with Crippen LogP contribution < -0.4 is 0 Å². The summed E-state index contributed by atoms with van der Waals surface area (Å²) in [6.45, 7) is 5.23. The Morgan fingerprint density at radius 2 is 2.08 bits per heavy atom. The molecular formula is C19H23N3O3. The minimum atomic E-state index is -0.239. The van der Waals surface area contributed by atoms with Crippen LogP contribution in [-0.4, -0.2) is 46.7 Å². The summed E-state index contributed by atoms with van der Waals surface area (Å²) in [7, 11) is 0. The molecule has 6 nitrogen and oxygen atoms in total. The molecule has 0 aliphatic carbocycles. The third-order valence-electron chi connectivity index (χ3n) is 4.48. The fourth-order valence-electron chi connectivity index (χ4n) is 3.09. The summed E-state index contributed by atoms with van der Waals surface area (Å²) in [4.78, 5) is 26.4. The van der Waals surface area contributed by atoms with Crippen LogP contribution in [-0.2, 0) is 9.53 Å². The van der Waals surface area contributed by atoms with Crippen molar-refractivity contribution in [2.45, 2.75) is 26.7 Å². The van der Waals surface area contributed by atoms with Crippen LogP contribution in [0.2, 0.25) is 0 Å². The van der Waals surface area contributed by atoms with Crippen LogP contribution in [0.1, 0.15) is 35.8 Å². The van der Waals surface area contributed by atoms with Gasteiger partial charge in [0.1, 0.15) is 5.69 Å². The van der Waals surface area contributed by atoms with Gasteiger partial charge in [0.15, 0.2) is 0 Å². The first-order valence-electron chi connectivity index (χ1n) is 8.67. The molecule has 1 aliphatic heterocycles. The zero-order valence-corrected chi connectivity index (χ0v) is 14.6. The van der Waals surface area contributed by atoms with Gasteiger partial charge in [0, 0.05) is 18.7 Å². The molecule has 1 aromatic carbocycles. The number of aromatic amines is 1. The van der Waals surface area contributed by atoms with E-state index in [1.807, 2.05) is 31.2 Å². The van der Waals surface area contributed by atoms with Crippen LogP contribution in [0.5, 0.6) is 0 Å². The smallest absolute Gasteiger partial charge is 0.310 e. The molecular weight excluding hydrogens is 318 g/mol. The highest BCUT2D eigenvalue weighted by Crippen LogP contribution is 2.22. The van der Waals surface area contributed by atoms with Gasteiger partial charge in [-0.05, 0) is 32.8 Å². The van der Waals surface area contributed by atoms with E-state index in [2.05, 4.69) is 10.2 Å². The molecule has 2 heterocycles. The van der Waals surface area contributed by atoms with Crippen molar-refractivity contribution in [3.8, 4) is 11.3 Å². The number of hydrogen-bond acceptors (Lipinski definition) is 4. The van der Waals surface area contributed by atoms with E-state index in [1.165, 1.54) is 5.56 Å². The summed E-state index contributed by atoms with van der Waals surface area (Å²) < 4.78 is 5.09. The second kappa shape index (κ2) is 7.51. The van der Waals surface area contributed by atoms with E-state index in [0.717, 1.165) is 24.1 Å². The lowest BCUT2D eigenvalue weighted by molar-refractivity contribution is -0.149. The van der Waals surface area contributed by atoms with E-state index >= 15 is 0 Å². The lowest BCUT2D eigenvalue weighted by Gasteiger charge is -2.31. The number of esters is 1. The van der Waals surface area contributed by atoms with Crippen molar-refractivity contribution in [1.29, 1.82) is 0 Å². The highest BCUT2D eigenvalue weighted by atomic mass is 16.5. The first-order valence-corrected chi connectivity index (χ1v) is 8.67. The lowest BCUT2D eigenvalue weighted by atomic mass is 9.98. The number of carbonyl (C=O) groups is 2. The number of hydrogen-bond donors (Lipinski definition) is 1. The number of nitrogens with one attached hydrogen (secondary N) is 1. The van der Waals surface area contributed by atoms with Crippen LogP contribution in [0.3, 0.4) is 0 Å². The Kier molecular flexibility index (Phi) is 5.16. The number of aryl methyl sites for hydroxylation is 1. The summed E-state index contributed by atoms with van der Waals surface area (Å²) in [5, 5.41) is 7.08. The van der Waals surface area contributed by atoms with Crippen LogP contribution in [0.15, 0.2) is 30.3 Å². The topological polar surface area (TPSA) is 75.3 Å². The van der Waals surface area contributed by atoms with Crippen molar-refractivity contribution in [3.63, 3.8) is 0 Å². The van der Waals surface area contributed by atoms with Crippen molar-refractivity contribution in [2.75, 3.05) is 19.7 Å². The number of likely N-dealkylation sites (tertiary alicyclic amines) is 1. The largest absolute Gasteiger partial charge is 0.466 e. The molecule has 0 unspecified atom stereocenters. The molecule has 3 rings (SSSR count). The van der Waals surface area contributed by atoms with Gasteiger partial charge in [0.25, 0.3) is 5.91 Å². The summed E-state index contributed by atoms with van der Waals surface area (Å²) in [6.07, 6.45) is 1.56. The zero-order valence-electron chi connectivity index (χ0n) is 14.6. The van der Waals surface area contributed by atoms with Crippen LogP contribution in [0.4, 0.5) is 0 Å². The molecule has 25 heavy (non-hydrogen) atoms. The van der Waals surface area contributed by atoms with E-state index in [9.17, 15) is 9.59 Å². The molecule has 1 amide bonds. The van der Waals surface area contributed by atoms with Crippen molar-refractivity contribution in [3.05, 3.63) is 41.6 Å². The van der Waals surface area contributed by atoms with Gasteiger partial charge < -0.3 is 9.64 Å². The minimum Gasteiger partial charge on any atom is -0.466 e. The number of amides is 1. The van der Waals surface area contributed by atoms with Gasteiger partial charge in [-0.3, -0.25) is 14.7 Å². The molecule has 132 valence electrons. The Balaban J connectivity index is 1.70. The first kappa shape index (κ1) is 17.2. The number of aromatic nitrogens is 2. The number of piperidine rings is 1. The average molecular weight is 341 g/mol. The molecule has 0 saturated carbocycles. The Morgan fingerprint density at radius 1 is 1.32 bits per heavy atom. The Morgan fingerprint density at radius 3 is 2.80 bits per heavy atom. The predicted molar refractivity (Wildman–Crippen MR) is 94.0 cm³/mol. The van der Waals surface area contributed by atoms with Gasteiger partial charge in [0.2, 0.25) is 0 Å². The standard InChI is InChI=1S/C19H23N3O3/c1-3-25-19(24)15-5-4-10-22(12-15)18(23)17-11-16(20-21-17)14-8-6-13(2)7-9-14/h6-9,11,15H,3-5,10,12H2,1-2H3,(H,20,21)/t15-/m0/s1. The molecule has 0 radical (unpaired) electrons. The van der Waals surface area contributed by atoms with Gasteiger partial charge in [0.05, 0.1) is 18.2 Å². The maximum Gasteiger partial charge on any atom is 0.310 e. The van der Waals surface area contributed by atoms with Crippen molar-refractivity contribution >= 4 is 11.9 Å². The van der Waals surface area contributed by atoms with Crippen molar-refractivity contribution in [2.24, 2.45) is 5.92 Å². The SMILES string of the molecule is CCOC(=O)[C@H]1CCCN(C(=O)c2cc(-c3ccc(C)cc3)n[nH]2)C1. The highest BCUT2D eigenvalue weighted by molar-refractivity contribution is 5.93. The Hall–Kier alpha value is -2.63. The first-order chi connectivity index (χ1) is 12.1. The number of nitrogens with zero attached hydrogens (tertiary/aromatic N) is 2. The third-order valence-corrected chi connectivity index (χ3v) is 4.48. The predicted octanol–water partition coefficient (Wildman–Crippen LogP) is 2.80. The third kappa shape index (κ3) is 3.90. The molecule has 2 aromatic rings. The van der Waals surface area contributed by atoms with Gasteiger partial charge in [-0.25, -0.2) is 0 Å². The molecule has 1 atom stereocenters. The average Bonchev–Trinajstić information content (AvgIpc) is 3.12. The molecule has 1 aromatic heterocycles. The normalized spacial score (nSPS) is 17.4. The number of H-pyrrole nitrogens is 1. The quantitative estimate of drug-likeness (QED) is 0.868. The summed E-state index contributed by atoms with van der Waals surface area (Å²) in [6, 6.07) is 9.76. The highest BCUT2D eigenvalue weighted by Gasteiger charge is 2.30. The Bertz CT molecular complexity index is 752. The summed E-state index contributed by atoms with van der Waals surface area (Å²) in [5.74, 6) is -0.582. The van der Waals surface area contributed by atoms with E-state index < -0.39 is 0 Å². The van der Waals surface area contributed by atoms with E-state index in [4.69, 9.17) is 4.74 Å². The molecule has 1 saturated heterocycles. The minimum absolute atomic E-state index is 0.125. The molecule has 1 fully saturated rings. The zero-order chi connectivity index (χ0) is 17.8. The summed E-state index contributed by atoms with van der Waals surface area (Å²) in [5.41, 5.74) is 3.32. The van der Waals surface area contributed by atoms with Gasteiger partial charge >= 0.3 is 5.97 Å². The van der Waals surface area contributed by atoms with Gasteiger partial charge in [-0.15, -0.1) is 0 Å². The number of ether oxygens (including phenoxy) is 1. The molecule has 0 bridgehead atoms. The number of rotatable bonds is 4. The van der Waals surface area contributed by atoms with Crippen molar-refractivity contribution in [1.82, 2.24) is 15.1 Å². The molecule has 1 aliphatic rings. The lowest BCUT2D eigenvalue weighted by Crippen LogP contribution is -2.43. The van der Waals surface area contributed by atoms with E-state index in [-0.39, 0.29) is 17.8 Å². The maximum absolute atomic E-state index is 12.7.